The average Bonchev–Trinajstić information content (AvgIpc) is 2.87. The zero-order valence-electron chi connectivity index (χ0n) is 12.1. The van der Waals surface area contributed by atoms with Crippen LogP contribution >= 0.6 is 0 Å². The number of nitrogens with zero attached hydrogens (tertiary/aromatic N) is 1. The Balaban J connectivity index is 2.36. The minimum absolute atomic E-state index is 0.124. The smallest absolute Gasteiger partial charge is 0.257 e. The van der Waals surface area contributed by atoms with Crippen LogP contribution in [0.3, 0.4) is 0 Å². The fourth-order valence-corrected chi connectivity index (χ4v) is 2.85. The molecule has 0 aromatic carbocycles. The Labute approximate surface area is 120 Å². The van der Waals surface area contributed by atoms with E-state index in [1.807, 2.05) is 0 Å². The number of sulfonamides is 1. The van der Waals surface area contributed by atoms with Crippen LogP contribution in [0.15, 0.2) is 11.2 Å². The van der Waals surface area contributed by atoms with Crippen LogP contribution in [0.1, 0.15) is 31.7 Å². The molecule has 0 fully saturated rings. The van der Waals surface area contributed by atoms with Gasteiger partial charge < -0.3 is 10.1 Å². The summed E-state index contributed by atoms with van der Waals surface area (Å²) in [7, 11) is -1.78. The third-order valence-corrected chi connectivity index (χ3v) is 4.19. The van der Waals surface area contributed by atoms with E-state index < -0.39 is 10.0 Å². The highest BCUT2D eigenvalue weighted by atomic mass is 32.2. The second kappa shape index (κ2) is 9.06. The highest BCUT2D eigenvalue weighted by Crippen LogP contribution is 2.11. The van der Waals surface area contributed by atoms with E-state index in [1.54, 1.807) is 7.05 Å². The summed E-state index contributed by atoms with van der Waals surface area (Å²) in [6, 6.07) is 0. The fraction of sp³-hybridized carbons (Fsp3) is 0.750. The van der Waals surface area contributed by atoms with Gasteiger partial charge in [-0.3, -0.25) is 5.10 Å². The Hall–Kier alpha value is -0.960. The van der Waals surface area contributed by atoms with Crippen molar-refractivity contribution in [3.63, 3.8) is 0 Å². The van der Waals surface area contributed by atoms with E-state index in [4.69, 9.17) is 4.74 Å². The van der Waals surface area contributed by atoms with Crippen molar-refractivity contribution < 1.29 is 13.2 Å². The van der Waals surface area contributed by atoms with Gasteiger partial charge in [0, 0.05) is 31.9 Å². The van der Waals surface area contributed by atoms with Crippen molar-refractivity contribution in [3.05, 3.63) is 11.8 Å². The molecule has 1 rings (SSSR count). The van der Waals surface area contributed by atoms with Gasteiger partial charge in [0.05, 0.1) is 6.20 Å². The number of hydrogen-bond acceptors (Lipinski definition) is 5. The van der Waals surface area contributed by atoms with Crippen LogP contribution in [0.25, 0.3) is 0 Å². The Kier molecular flexibility index (Phi) is 7.75. The fourth-order valence-electron chi connectivity index (χ4n) is 1.65. The van der Waals surface area contributed by atoms with Gasteiger partial charge >= 0.3 is 0 Å². The van der Waals surface area contributed by atoms with Gasteiger partial charge in [-0.1, -0.05) is 13.3 Å². The first-order valence-electron chi connectivity index (χ1n) is 6.86. The van der Waals surface area contributed by atoms with Crippen molar-refractivity contribution in [1.29, 1.82) is 0 Å². The average molecular weight is 304 g/mol. The van der Waals surface area contributed by atoms with E-state index in [2.05, 4.69) is 27.2 Å². The summed E-state index contributed by atoms with van der Waals surface area (Å²) in [6.45, 7) is 4.20. The summed E-state index contributed by atoms with van der Waals surface area (Å²) in [6.07, 6.45) is 4.30. The van der Waals surface area contributed by atoms with Crippen LogP contribution in [-0.2, 0) is 21.3 Å². The lowest BCUT2D eigenvalue weighted by atomic mass is 10.4. The number of H-pyrrole nitrogens is 1. The Morgan fingerprint density at radius 3 is 2.80 bits per heavy atom. The molecule has 1 aromatic rings. The van der Waals surface area contributed by atoms with Gasteiger partial charge in [-0.2, -0.15) is 5.10 Å². The van der Waals surface area contributed by atoms with Gasteiger partial charge in [0.25, 0.3) is 10.0 Å². The van der Waals surface area contributed by atoms with Crippen molar-refractivity contribution in [2.24, 2.45) is 0 Å². The molecular formula is C12H24N4O3S. The number of aromatic nitrogens is 2. The molecule has 8 heteroatoms. The molecule has 0 saturated heterocycles. The highest BCUT2D eigenvalue weighted by Gasteiger charge is 2.19. The van der Waals surface area contributed by atoms with Gasteiger partial charge in [-0.25, -0.2) is 13.1 Å². The van der Waals surface area contributed by atoms with Crippen molar-refractivity contribution >= 4 is 10.0 Å². The van der Waals surface area contributed by atoms with Gasteiger partial charge in [0.2, 0.25) is 0 Å². The lowest BCUT2D eigenvalue weighted by Gasteiger charge is -2.07. The van der Waals surface area contributed by atoms with E-state index in [9.17, 15) is 8.42 Å². The Morgan fingerprint density at radius 1 is 1.35 bits per heavy atom. The van der Waals surface area contributed by atoms with Crippen molar-refractivity contribution in [2.45, 2.75) is 37.8 Å². The van der Waals surface area contributed by atoms with Crippen LogP contribution in [0.4, 0.5) is 0 Å². The van der Waals surface area contributed by atoms with Crippen LogP contribution in [0.5, 0.6) is 0 Å². The van der Waals surface area contributed by atoms with Crippen molar-refractivity contribution in [2.75, 3.05) is 26.8 Å². The molecule has 0 radical (unpaired) electrons. The number of nitrogens with one attached hydrogen (secondary N) is 3. The molecule has 116 valence electrons. The molecule has 0 aliphatic rings. The van der Waals surface area contributed by atoms with E-state index in [0.29, 0.717) is 31.7 Å². The monoisotopic (exact) mass is 304 g/mol. The van der Waals surface area contributed by atoms with Crippen molar-refractivity contribution in [3.8, 4) is 0 Å². The maximum atomic E-state index is 12.1. The molecule has 0 amide bonds. The molecule has 7 nitrogen and oxygen atoms in total. The van der Waals surface area contributed by atoms with Crippen LogP contribution in [0.2, 0.25) is 0 Å². The number of unbranched alkanes of at least 4 members (excludes halogenated alkanes) is 1. The normalized spacial score (nSPS) is 11.9. The van der Waals surface area contributed by atoms with Gasteiger partial charge in [-0.15, -0.1) is 0 Å². The molecule has 0 aliphatic carbocycles. The summed E-state index contributed by atoms with van der Waals surface area (Å²) < 4.78 is 32.1. The maximum absolute atomic E-state index is 12.1. The first-order chi connectivity index (χ1) is 9.61. The second-order valence-electron chi connectivity index (χ2n) is 4.47. The molecule has 1 aromatic heterocycles. The molecular weight excluding hydrogens is 280 g/mol. The molecule has 0 unspecified atom stereocenters. The summed E-state index contributed by atoms with van der Waals surface area (Å²) in [5, 5.41) is 9.33. The molecule has 3 N–H and O–H groups in total. The zero-order valence-corrected chi connectivity index (χ0v) is 12.9. The maximum Gasteiger partial charge on any atom is 0.257 e. The minimum atomic E-state index is -3.53. The highest BCUT2D eigenvalue weighted by molar-refractivity contribution is 7.89. The Bertz CT molecular complexity index is 473. The third-order valence-electron chi connectivity index (χ3n) is 2.71. The summed E-state index contributed by atoms with van der Waals surface area (Å²) >= 11 is 0. The summed E-state index contributed by atoms with van der Waals surface area (Å²) in [4.78, 5) is 0. The molecule has 0 saturated carbocycles. The summed E-state index contributed by atoms with van der Waals surface area (Å²) in [5.41, 5.74) is 0.624. The molecule has 0 bridgehead atoms. The van der Waals surface area contributed by atoms with Crippen molar-refractivity contribution in [1.82, 2.24) is 20.2 Å². The van der Waals surface area contributed by atoms with E-state index in [-0.39, 0.29) is 5.03 Å². The SMILES string of the molecule is CCCCOCCCNS(=O)(=O)c1[nH]ncc1CNC. The second-order valence-corrected chi connectivity index (χ2v) is 6.18. The number of ether oxygens (including phenoxy) is 1. The summed E-state index contributed by atoms with van der Waals surface area (Å²) in [5.74, 6) is 0. The molecule has 0 atom stereocenters. The van der Waals surface area contributed by atoms with E-state index in [0.717, 1.165) is 19.4 Å². The standard InChI is InChI=1S/C12H24N4O3S/c1-3-4-7-19-8-5-6-15-20(17,18)12-11(9-13-2)10-14-16-12/h10,13,15H,3-9H2,1-2H3,(H,14,16). The van der Waals surface area contributed by atoms with Gasteiger partial charge in [0.15, 0.2) is 5.03 Å². The van der Waals surface area contributed by atoms with Crippen LogP contribution in [0, 0.1) is 0 Å². The molecule has 1 heterocycles. The first-order valence-corrected chi connectivity index (χ1v) is 8.34. The predicted molar refractivity (Wildman–Crippen MR) is 76.9 cm³/mol. The predicted octanol–water partition coefficient (Wildman–Crippen LogP) is 0.614. The van der Waals surface area contributed by atoms with Gasteiger partial charge in [-0.05, 0) is 19.9 Å². The largest absolute Gasteiger partial charge is 0.381 e. The zero-order chi connectivity index (χ0) is 14.8. The Morgan fingerprint density at radius 2 is 2.10 bits per heavy atom. The topological polar surface area (TPSA) is 96.1 Å². The minimum Gasteiger partial charge on any atom is -0.381 e. The number of aromatic amines is 1. The molecule has 0 aliphatic heterocycles. The van der Waals surface area contributed by atoms with Crippen LogP contribution < -0.4 is 10.0 Å². The molecule has 0 spiro atoms. The van der Waals surface area contributed by atoms with Gasteiger partial charge in [0.1, 0.15) is 0 Å². The first kappa shape index (κ1) is 17.1. The number of hydrogen-bond donors (Lipinski definition) is 3. The number of rotatable bonds is 11. The van der Waals surface area contributed by atoms with E-state index >= 15 is 0 Å². The van der Waals surface area contributed by atoms with E-state index in [1.165, 1.54) is 6.20 Å². The lowest BCUT2D eigenvalue weighted by molar-refractivity contribution is 0.130. The third kappa shape index (κ3) is 5.58. The van der Waals surface area contributed by atoms with Crippen LogP contribution in [-0.4, -0.2) is 45.4 Å². The quantitative estimate of drug-likeness (QED) is 0.521. The lowest BCUT2D eigenvalue weighted by Crippen LogP contribution is -2.27. The molecule has 20 heavy (non-hydrogen) atoms.